The van der Waals surface area contributed by atoms with E-state index in [2.05, 4.69) is 24.1 Å². The van der Waals surface area contributed by atoms with E-state index in [1.165, 1.54) is 25.7 Å². The maximum atomic E-state index is 3.93. The van der Waals surface area contributed by atoms with E-state index < -0.39 is 0 Å². The standard InChI is InChI=1S/C10H20N2/c1-3-5-7-9-11-12-10-8-6-4-2/h9-10H,3-8H2,1-2H3. The summed E-state index contributed by atoms with van der Waals surface area (Å²) in [5, 5.41) is 7.85. The molecule has 2 heteroatoms. The van der Waals surface area contributed by atoms with Gasteiger partial charge >= 0.3 is 0 Å². The minimum absolute atomic E-state index is 1.06. The second kappa shape index (κ2) is 10.3. The topological polar surface area (TPSA) is 24.7 Å². The van der Waals surface area contributed by atoms with Crippen molar-refractivity contribution in [1.82, 2.24) is 0 Å². The molecule has 0 heterocycles. The molecule has 12 heavy (non-hydrogen) atoms. The molecular weight excluding hydrogens is 148 g/mol. The average Bonchev–Trinajstić information content (AvgIpc) is 2.10. The van der Waals surface area contributed by atoms with E-state index in [1.54, 1.807) is 0 Å². The molecule has 0 aromatic carbocycles. The molecule has 0 rings (SSSR count). The summed E-state index contributed by atoms with van der Waals surface area (Å²) in [6, 6.07) is 0. The van der Waals surface area contributed by atoms with Gasteiger partial charge in [-0.3, -0.25) is 0 Å². The lowest BCUT2D eigenvalue weighted by Gasteiger charge is -1.86. The van der Waals surface area contributed by atoms with Crippen LogP contribution in [-0.2, 0) is 0 Å². The smallest absolute Gasteiger partial charge is 0.0270 e. The Balaban J connectivity index is 3.15. The Kier molecular flexibility index (Phi) is 9.77. The average molecular weight is 168 g/mol. The van der Waals surface area contributed by atoms with Gasteiger partial charge in [-0.15, -0.1) is 0 Å². The van der Waals surface area contributed by atoms with Gasteiger partial charge in [0.15, 0.2) is 0 Å². The zero-order valence-corrected chi connectivity index (χ0v) is 8.29. The van der Waals surface area contributed by atoms with Crippen molar-refractivity contribution in [2.45, 2.75) is 52.4 Å². The minimum Gasteiger partial charge on any atom is -0.164 e. The van der Waals surface area contributed by atoms with E-state index in [-0.39, 0.29) is 0 Å². The molecule has 0 saturated carbocycles. The van der Waals surface area contributed by atoms with Crippen LogP contribution in [0.2, 0.25) is 0 Å². The van der Waals surface area contributed by atoms with Crippen molar-refractivity contribution in [3.63, 3.8) is 0 Å². The molecule has 0 unspecified atom stereocenters. The van der Waals surface area contributed by atoms with Crippen LogP contribution in [-0.4, -0.2) is 12.4 Å². The van der Waals surface area contributed by atoms with E-state index in [9.17, 15) is 0 Å². The third kappa shape index (κ3) is 9.34. The first-order valence-electron chi connectivity index (χ1n) is 4.95. The molecule has 0 aromatic rings. The molecule has 0 atom stereocenters. The molecule has 0 saturated heterocycles. The number of rotatable bonds is 7. The zero-order chi connectivity index (χ0) is 9.07. The molecule has 70 valence electrons. The van der Waals surface area contributed by atoms with Gasteiger partial charge in [-0.05, 0) is 25.7 Å². The molecule has 0 spiro atoms. The third-order valence-corrected chi connectivity index (χ3v) is 1.60. The van der Waals surface area contributed by atoms with E-state index >= 15 is 0 Å². The predicted molar refractivity (Wildman–Crippen MR) is 56.0 cm³/mol. The van der Waals surface area contributed by atoms with Crippen LogP contribution in [0.25, 0.3) is 0 Å². The van der Waals surface area contributed by atoms with E-state index in [0.717, 1.165) is 12.8 Å². The number of hydrogen-bond donors (Lipinski definition) is 0. The van der Waals surface area contributed by atoms with Crippen LogP contribution in [0.1, 0.15) is 52.4 Å². The zero-order valence-electron chi connectivity index (χ0n) is 8.29. The lowest BCUT2D eigenvalue weighted by atomic mass is 10.3. The highest BCUT2D eigenvalue weighted by molar-refractivity contribution is 5.61. The third-order valence-electron chi connectivity index (χ3n) is 1.60. The Bertz CT molecular complexity index is 112. The number of unbranched alkanes of at least 4 members (excludes halogenated alkanes) is 4. The maximum Gasteiger partial charge on any atom is 0.0270 e. The Labute approximate surface area is 75.8 Å². The van der Waals surface area contributed by atoms with Gasteiger partial charge in [0.2, 0.25) is 0 Å². The van der Waals surface area contributed by atoms with Crippen molar-refractivity contribution in [3.05, 3.63) is 0 Å². The van der Waals surface area contributed by atoms with Crippen molar-refractivity contribution in [2.24, 2.45) is 10.2 Å². The van der Waals surface area contributed by atoms with Crippen LogP contribution < -0.4 is 0 Å². The summed E-state index contributed by atoms with van der Waals surface area (Å²) in [5.41, 5.74) is 0. The van der Waals surface area contributed by atoms with Gasteiger partial charge in [0.25, 0.3) is 0 Å². The van der Waals surface area contributed by atoms with Crippen molar-refractivity contribution >= 4 is 12.4 Å². The summed E-state index contributed by atoms with van der Waals surface area (Å²) >= 11 is 0. The Morgan fingerprint density at radius 1 is 0.833 bits per heavy atom. The van der Waals surface area contributed by atoms with Crippen LogP contribution in [0.5, 0.6) is 0 Å². The molecule has 0 N–H and O–H groups in total. The quantitative estimate of drug-likeness (QED) is 0.316. The molecule has 0 aliphatic heterocycles. The number of nitrogens with zero attached hydrogens (tertiary/aromatic N) is 2. The van der Waals surface area contributed by atoms with Crippen molar-refractivity contribution in [1.29, 1.82) is 0 Å². The van der Waals surface area contributed by atoms with Crippen LogP contribution in [0.15, 0.2) is 10.2 Å². The fourth-order valence-electron chi connectivity index (χ4n) is 0.801. The first-order chi connectivity index (χ1) is 5.91. The molecule has 2 nitrogen and oxygen atoms in total. The fraction of sp³-hybridized carbons (Fsp3) is 0.800. The van der Waals surface area contributed by atoms with Crippen LogP contribution in [0.4, 0.5) is 0 Å². The monoisotopic (exact) mass is 168 g/mol. The summed E-state index contributed by atoms with van der Waals surface area (Å²) in [6.07, 6.45) is 10.8. The Morgan fingerprint density at radius 3 is 1.58 bits per heavy atom. The van der Waals surface area contributed by atoms with Gasteiger partial charge in [0.1, 0.15) is 0 Å². The second-order valence-electron chi connectivity index (χ2n) is 2.88. The highest BCUT2D eigenvalue weighted by atomic mass is 15.2. The first-order valence-corrected chi connectivity index (χ1v) is 4.95. The molecular formula is C10H20N2. The largest absolute Gasteiger partial charge is 0.164 e. The fourth-order valence-corrected chi connectivity index (χ4v) is 0.801. The van der Waals surface area contributed by atoms with Crippen molar-refractivity contribution in [2.75, 3.05) is 0 Å². The summed E-state index contributed by atoms with van der Waals surface area (Å²) in [6.45, 7) is 4.36. The van der Waals surface area contributed by atoms with Crippen LogP contribution in [0.3, 0.4) is 0 Å². The second-order valence-corrected chi connectivity index (χ2v) is 2.88. The normalized spacial score (nSPS) is 11.8. The lowest BCUT2D eigenvalue weighted by molar-refractivity contribution is 0.836. The van der Waals surface area contributed by atoms with Crippen LogP contribution >= 0.6 is 0 Å². The van der Waals surface area contributed by atoms with Crippen molar-refractivity contribution in [3.8, 4) is 0 Å². The van der Waals surface area contributed by atoms with E-state index in [0.29, 0.717) is 0 Å². The van der Waals surface area contributed by atoms with Gasteiger partial charge in [0.05, 0.1) is 0 Å². The van der Waals surface area contributed by atoms with Gasteiger partial charge in [0, 0.05) is 12.4 Å². The molecule has 0 amide bonds. The SMILES string of the molecule is CCCCC=NN=CCCCC. The highest BCUT2D eigenvalue weighted by Gasteiger charge is 1.78. The summed E-state index contributed by atoms with van der Waals surface area (Å²) in [7, 11) is 0. The molecule has 0 radical (unpaired) electrons. The molecule has 0 aliphatic rings. The summed E-state index contributed by atoms with van der Waals surface area (Å²) < 4.78 is 0. The molecule has 0 bridgehead atoms. The van der Waals surface area contributed by atoms with Gasteiger partial charge in [-0.2, -0.15) is 10.2 Å². The Hall–Kier alpha value is -0.660. The molecule has 0 aromatic heterocycles. The van der Waals surface area contributed by atoms with Gasteiger partial charge in [-0.1, -0.05) is 26.7 Å². The van der Waals surface area contributed by atoms with E-state index in [4.69, 9.17) is 0 Å². The van der Waals surface area contributed by atoms with Gasteiger partial charge in [-0.25, -0.2) is 0 Å². The summed E-state index contributed by atoms with van der Waals surface area (Å²) in [5.74, 6) is 0. The lowest BCUT2D eigenvalue weighted by Crippen LogP contribution is -1.76. The Morgan fingerprint density at radius 2 is 1.25 bits per heavy atom. The van der Waals surface area contributed by atoms with Gasteiger partial charge < -0.3 is 0 Å². The van der Waals surface area contributed by atoms with E-state index in [1.807, 2.05) is 12.4 Å². The number of hydrogen-bond acceptors (Lipinski definition) is 2. The minimum atomic E-state index is 1.06. The summed E-state index contributed by atoms with van der Waals surface area (Å²) in [4.78, 5) is 0. The molecule has 0 fully saturated rings. The van der Waals surface area contributed by atoms with Crippen LogP contribution in [0, 0.1) is 0 Å². The maximum absolute atomic E-state index is 3.93. The molecule has 0 aliphatic carbocycles. The first kappa shape index (κ1) is 11.3. The highest BCUT2D eigenvalue weighted by Crippen LogP contribution is 1.91. The van der Waals surface area contributed by atoms with Crippen molar-refractivity contribution < 1.29 is 0 Å². The predicted octanol–water partition coefficient (Wildman–Crippen LogP) is 3.42.